The van der Waals surface area contributed by atoms with E-state index in [2.05, 4.69) is 9.97 Å². The molecule has 1 atom stereocenters. The largest absolute Gasteiger partial charge is 0.472 e. The van der Waals surface area contributed by atoms with Crippen molar-refractivity contribution >= 4 is 28.6 Å². The molecule has 0 saturated carbocycles. The van der Waals surface area contributed by atoms with E-state index in [1.165, 1.54) is 12.4 Å². The molecule has 164 valence electrons. The van der Waals surface area contributed by atoms with E-state index in [0.29, 0.717) is 17.5 Å². The van der Waals surface area contributed by atoms with Gasteiger partial charge < -0.3 is 15.2 Å². The molecule has 0 fully saturated rings. The highest BCUT2D eigenvalue weighted by molar-refractivity contribution is 6.32. The molecule has 0 radical (unpaired) electrons. The molecule has 3 aromatic rings. The van der Waals surface area contributed by atoms with Crippen LogP contribution in [0, 0.1) is 17.6 Å². The minimum atomic E-state index is -0.960. The number of rotatable bonds is 7. The van der Waals surface area contributed by atoms with Crippen LogP contribution in [0.1, 0.15) is 27.2 Å². The van der Waals surface area contributed by atoms with E-state index < -0.39 is 23.3 Å². The first kappa shape index (κ1) is 22.7. The Morgan fingerprint density at radius 3 is 2.65 bits per heavy atom. The Hall–Kier alpha value is -3.00. The molecule has 2 N–H and O–H groups in total. The summed E-state index contributed by atoms with van der Waals surface area (Å²) in [6.07, 6.45) is 2.54. The highest BCUT2D eigenvalue weighted by Gasteiger charge is 2.31. The van der Waals surface area contributed by atoms with Crippen molar-refractivity contribution in [3.8, 4) is 17.0 Å². The number of ether oxygens (including phenoxy) is 2. The summed E-state index contributed by atoms with van der Waals surface area (Å²) in [5.41, 5.74) is 5.38. The number of hydrogen-bond acceptors (Lipinski definition) is 5. The lowest BCUT2D eigenvalue weighted by Gasteiger charge is -2.30. The second-order valence-electron chi connectivity index (χ2n) is 7.91. The van der Waals surface area contributed by atoms with Crippen LogP contribution in [-0.2, 0) is 4.74 Å². The SMILES string of the molecule is CC(C)C[C@@](C)(COc1ncc(-c2ccnc3cc(F)cc(F)c23)cc1Cl)OC(N)=O. The summed E-state index contributed by atoms with van der Waals surface area (Å²) in [5, 5.41) is 0.339. The number of amides is 1. The number of halogens is 3. The maximum absolute atomic E-state index is 14.4. The molecule has 0 aliphatic carbocycles. The second kappa shape index (κ2) is 9.01. The fourth-order valence-electron chi connectivity index (χ4n) is 3.58. The topological polar surface area (TPSA) is 87.3 Å². The van der Waals surface area contributed by atoms with E-state index in [1.807, 2.05) is 13.8 Å². The smallest absolute Gasteiger partial charge is 0.405 e. The Bertz CT molecular complexity index is 1130. The van der Waals surface area contributed by atoms with E-state index in [9.17, 15) is 13.6 Å². The van der Waals surface area contributed by atoms with Crippen LogP contribution in [0.3, 0.4) is 0 Å². The van der Waals surface area contributed by atoms with Gasteiger partial charge in [-0.1, -0.05) is 25.4 Å². The summed E-state index contributed by atoms with van der Waals surface area (Å²) in [4.78, 5) is 19.5. The Kier molecular flexibility index (Phi) is 6.59. The van der Waals surface area contributed by atoms with Crippen LogP contribution in [0.25, 0.3) is 22.0 Å². The van der Waals surface area contributed by atoms with E-state index in [-0.39, 0.29) is 34.3 Å². The lowest BCUT2D eigenvalue weighted by atomic mass is 9.95. The molecule has 1 amide bonds. The Morgan fingerprint density at radius 1 is 1.26 bits per heavy atom. The number of nitrogens with two attached hydrogens (primary N) is 1. The van der Waals surface area contributed by atoms with Gasteiger partial charge in [0, 0.05) is 35.5 Å². The molecule has 3 rings (SSSR count). The van der Waals surface area contributed by atoms with Crippen molar-refractivity contribution in [3.63, 3.8) is 0 Å². The summed E-state index contributed by atoms with van der Waals surface area (Å²) >= 11 is 6.35. The van der Waals surface area contributed by atoms with Gasteiger partial charge in [-0.15, -0.1) is 0 Å². The zero-order valence-corrected chi connectivity index (χ0v) is 18.0. The van der Waals surface area contributed by atoms with E-state index in [0.717, 1.165) is 12.1 Å². The number of fused-ring (bicyclic) bond motifs is 1. The van der Waals surface area contributed by atoms with Gasteiger partial charge in [0.05, 0.1) is 5.52 Å². The molecule has 0 aliphatic heterocycles. The molecule has 2 heterocycles. The minimum absolute atomic E-state index is 0.00766. The van der Waals surface area contributed by atoms with Crippen LogP contribution in [0.5, 0.6) is 5.88 Å². The van der Waals surface area contributed by atoms with Gasteiger partial charge in [0.15, 0.2) is 0 Å². The third-order valence-corrected chi connectivity index (χ3v) is 4.85. The average Bonchev–Trinajstić information content (AvgIpc) is 2.65. The first-order chi connectivity index (χ1) is 14.6. The molecule has 0 saturated heterocycles. The lowest BCUT2D eigenvalue weighted by Crippen LogP contribution is -2.41. The highest BCUT2D eigenvalue weighted by atomic mass is 35.5. The first-order valence-electron chi connectivity index (χ1n) is 9.59. The van der Waals surface area contributed by atoms with Crippen molar-refractivity contribution in [1.82, 2.24) is 9.97 Å². The molecule has 0 bridgehead atoms. The minimum Gasteiger partial charge on any atom is -0.472 e. The van der Waals surface area contributed by atoms with Crippen molar-refractivity contribution in [3.05, 3.63) is 53.3 Å². The van der Waals surface area contributed by atoms with Gasteiger partial charge in [0.1, 0.15) is 28.9 Å². The Balaban J connectivity index is 1.89. The van der Waals surface area contributed by atoms with Crippen molar-refractivity contribution in [2.45, 2.75) is 32.8 Å². The number of nitrogens with zero attached hydrogens (tertiary/aromatic N) is 2. The van der Waals surface area contributed by atoms with Crippen LogP contribution >= 0.6 is 11.6 Å². The van der Waals surface area contributed by atoms with Crippen molar-refractivity contribution in [2.24, 2.45) is 11.7 Å². The van der Waals surface area contributed by atoms with E-state index in [1.54, 1.807) is 19.1 Å². The summed E-state index contributed by atoms with van der Waals surface area (Å²) in [6.45, 7) is 5.66. The predicted molar refractivity (Wildman–Crippen MR) is 114 cm³/mol. The summed E-state index contributed by atoms with van der Waals surface area (Å²) in [5.74, 6) is -1.10. The lowest BCUT2D eigenvalue weighted by molar-refractivity contribution is -0.0196. The van der Waals surface area contributed by atoms with Gasteiger partial charge in [0.25, 0.3) is 0 Å². The number of carbonyl (C=O) groups is 1. The fourth-order valence-corrected chi connectivity index (χ4v) is 3.80. The molecule has 6 nitrogen and oxygen atoms in total. The summed E-state index contributed by atoms with van der Waals surface area (Å²) in [6, 6.07) is 5.12. The molecular formula is C22H22ClF2N3O3. The monoisotopic (exact) mass is 449 g/mol. The number of carbonyl (C=O) groups excluding carboxylic acids is 1. The van der Waals surface area contributed by atoms with Crippen LogP contribution < -0.4 is 10.5 Å². The second-order valence-corrected chi connectivity index (χ2v) is 8.32. The molecule has 0 spiro atoms. The zero-order chi connectivity index (χ0) is 22.8. The van der Waals surface area contributed by atoms with Gasteiger partial charge in [-0.3, -0.25) is 4.98 Å². The predicted octanol–water partition coefficient (Wildman–Crippen LogP) is 5.51. The van der Waals surface area contributed by atoms with Crippen LogP contribution in [-0.4, -0.2) is 28.3 Å². The van der Waals surface area contributed by atoms with Gasteiger partial charge in [0.2, 0.25) is 5.88 Å². The van der Waals surface area contributed by atoms with Crippen molar-refractivity contribution < 1.29 is 23.0 Å². The number of aromatic nitrogens is 2. The molecule has 0 aliphatic rings. The molecule has 1 aromatic carbocycles. The molecular weight excluding hydrogens is 428 g/mol. The van der Waals surface area contributed by atoms with Crippen LogP contribution in [0.2, 0.25) is 5.02 Å². The van der Waals surface area contributed by atoms with Crippen LogP contribution in [0.4, 0.5) is 13.6 Å². The summed E-state index contributed by atoms with van der Waals surface area (Å²) in [7, 11) is 0. The number of hydrogen-bond donors (Lipinski definition) is 1. The number of pyridine rings is 2. The Labute approximate surface area is 183 Å². The molecule has 2 aromatic heterocycles. The number of benzene rings is 1. The van der Waals surface area contributed by atoms with Crippen molar-refractivity contribution in [1.29, 1.82) is 0 Å². The van der Waals surface area contributed by atoms with Crippen LogP contribution in [0.15, 0.2) is 36.7 Å². The van der Waals surface area contributed by atoms with E-state index in [4.69, 9.17) is 26.8 Å². The van der Waals surface area contributed by atoms with Gasteiger partial charge in [-0.05, 0) is 37.0 Å². The quantitative estimate of drug-likeness (QED) is 0.514. The fraction of sp³-hybridized carbons (Fsp3) is 0.318. The number of primary amides is 1. The first-order valence-corrected chi connectivity index (χ1v) is 9.97. The normalized spacial score (nSPS) is 13.3. The van der Waals surface area contributed by atoms with Gasteiger partial charge in [-0.25, -0.2) is 18.6 Å². The molecule has 31 heavy (non-hydrogen) atoms. The van der Waals surface area contributed by atoms with E-state index >= 15 is 0 Å². The average molecular weight is 450 g/mol. The molecule has 9 heteroatoms. The van der Waals surface area contributed by atoms with Crippen molar-refractivity contribution in [2.75, 3.05) is 6.61 Å². The third-order valence-electron chi connectivity index (χ3n) is 4.58. The highest BCUT2D eigenvalue weighted by Crippen LogP contribution is 2.34. The third kappa shape index (κ3) is 5.38. The molecule has 0 unspecified atom stereocenters. The zero-order valence-electron chi connectivity index (χ0n) is 17.3. The maximum atomic E-state index is 14.4. The van der Waals surface area contributed by atoms with Gasteiger partial charge >= 0.3 is 6.09 Å². The Morgan fingerprint density at radius 2 is 2.00 bits per heavy atom. The van der Waals surface area contributed by atoms with Gasteiger partial charge in [-0.2, -0.15) is 0 Å². The standard InChI is InChI=1S/C22H22ClF2N3O3/c1-12(2)9-22(3,31-21(26)29)11-30-20-16(23)6-13(10-28-20)15-4-5-27-18-8-14(24)7-17(25)19(15)18/h4-8,10,12H,9,11H2,1-3H3,(H2,26,29)/t22-/m0/s1. The maximum Gasteiger partial charge on any atom is 0.405 e. The summed E-state index contributed by atoms with van der Waals surface area (Å²) < 4.78 is 38.9.